The molecule has 1 heterocycles. The topological polar surface area (TPSA) is 52.9 Å². The number of amides is 1. The average Bonchev–Trinajstić information content (AvgIpc) is 3.25. The van der Waals surface area contributed by atoms with E-state index in [2.05, 4.69) is 0 Å². The number of nitrogens with zero attached hydrogens (tertiary/aromatic N) is 2. The Morgan fingerprint density at radius 3 is 2.39 bits per heavy atom. The third-order valence-corrected chi connectivity index (χ3v) is 5.81. The van der Waals surface area contributed by atoms with Gasteiger partial charge in [-0.25, -0.2) is 5.01 Å². The second kappa shape index (κ2) is 7.73. The Bertz CT molecular complexity index is 1290. The highest BCUT2D eigenvalue weighted by Gasteiger charge is 2.34. The molecule has 152 valence electrons. The van der Waals surface area contributed by atoms with Gasteiger partial charge < -0.3 is 5.11 Å². The van der Waals surface area contributed by atoms with Crippen LogP contribution in [0.3, 0.4) is 0 Å². The summed E-state index contributed by atoms with van der Waals surface area (Å²) in [4.78, 5) is 13.4. The van der Waals surface area contributed by atoms with Crippen LogP contribution in [0.2, 0.25) is 0 Å². The zero-order valence-corrected chi connectivity index (χ0v) is 17.2. The molecule has 1 aliphatic heterocycles. The highest BCUT2D eigenvalue weighted by molar-refractivity contribution is 6.10. The molecule has 4 nitrogen and oxygen atoms in total. The number of hydrogen-bond acceptors (Lipinski definition) is 3. The van der Waals surface area contributed by atoms with E-state index in [-0.39, 0.29) is 17.7 Å². The van der Waals surface area contributed by atoms with E-state index in [1.165, 1.54) is 0 Å². The first-order valence-electron chi connectivity index (χ1n) is 10.4. The van der Waals surface area contributed by atoms with Crippen LogP contribution in [0.4, 0.5) is 0 Å². The van der Waals surface area contributed by atoms with E-state index in [9.17, 15) is 9.90 Å². The van der Waals surface area contributed by atoms with Gasteiger partial charge in [-0.15, -0.1) is 0 Å². The number of phenols is 1. The second-order valence-corrected chi connectivity index (χ2v) is 7.88. The Morgan fingerprint density at radius 2 is 1.61 bits per heavy atom. The zero-order valence-electron chi connectivity index (χ0n) is 17.2. The smallest absolute Gasteiger partial charge is 0.274 e. The van der Waals surface area contributed by atoms with Crippen molar-refractivity contribution in [2.75, 3.05) is 0 Å². The number of rotatable bonds is 3. The van der Waals surface area contributed by atoms with Gasteiger partial charge in [0.2, 0.25) is 0 Å². The fourth-order valence-corrected chi connectivity index (χ4v) is 4.11. The van der Waals surface area contributed by atoms with E-state index in [0.29, 0.717) is 23.3 Å². The molecule has 0 aromatic heterocycles. The molecule has 4 heteroatoms. The minimum Gasteiger partial charge on any atom is -0.507 e. The Balaban J connectivity index is 1.59. The van der Waals surface area contributed by atoms with Crippen molar-refractivity contribution in [2.45, 2.75) is 19.4 Å². The van der Waals surface area contributed by atoms with Gasteiger partial charge in [-0.05, 0) is 36.1 Å². The predicted octanol–water partition coefficient (Wildman–Crippen LogP) is 5.85. The Hall–Kier alpha value is -3.92. The van der Waals surface area contributed by atoms with Crippen molar-refractivity contribution < 1.29 is 9.90 Å². The first kappa shape index (κ1) is 19.1. The molecule has 0 radical (unpaired) electrons. The van der Waals surface area contributed by atoms with Crippen molar-refractivity contribution in [1.29, 1.82) is 0 Å². The fraction of sp³-hybridized carbons (Fsp3) is 0.111. The van der Waals surface area contributed by atoms with Crippen LogP contribution in [0.15, 0.2) is 96.1 Å². The summed E-state index contributed by atoms with van der Waals surface area (Å²) < 4.78 is 0. The first-order chi connectivity index (χ1) is 15.1. The zero-order chi connectivity index (χ0) is 21.4. The molecule has 4 aromatic rings. The summed E-state index contributed by atoms with van der Waals surface area (Å²) in [6.45, 7) is 2.00. The maximum atomic E-state index is 13.4. The molecule has 4 aromatic carbocycles. The number of hydrogen-bond donors (Lipinski definition) is 1. The number of phenolic OH excluding ortho intramolecular Hbond substituents is 1. The molecule has 0 aliphatic carbocycles. The molecule has 31 heavy (non-hydrogen) atoms. The van der Waals surface area contributed by atoms with E-state index in [1.54, 1.807) is 5.01 Å². The summed E-state index contributed by atoms with van der Waals surface area (Å²) in [6, 6.07) is 28.8. The quantitative estimate of drug-likeness (QED) is 0.464. The van der Waals surface area contributed by atoms with E-state index >= 15 is 0 Å². The largest absolute Gasteiger partial charge is 0.507 e. The monoisotopic (exact) mass is 406 g/mol. The maximum absolute atomic E-state index is 13.4. The fourth-order valence-electron chi connectivity index (χ4n) is 4.11. The summed E-state index contributed by atoms with van der Waals surface area (Å²) in [5, 5.41) is 19.0. The van der Waals surface area contributed by atoms with Crippen molar-refractivity contribution in [1.82, 2.24) is 5.01 Å². The van der Waals surface area contributed by atoms with Crippen LogP contribution in [-0.2, 0) is 0 Å². The van der Waals surface area contributed by atoms with Crippen molar-refractivity contribution in [3.8, 4) is 5.75 Å². The van der Waals surface area contributed by atoms with E-state index in [4.69, 9.17) is 5.10 Å². The highest BCUT2D eigenvalue weighted by atomic mass is 16.3. The number of carbonyl (C=O) groups is 1. The predicted molar refractivity (Wildman–Crippen MR) is 123 cm³/mol. The van der Waals surface area contributed by atoms with E-state index < -0.39 is 0 Å². The molecular formula is C27H22N2O2. The molecule has 0 bridgehead atoms. The second-order valence-electron chi connectivity index (χ2n) is 7.88. The van der Waals surface area contributed by atoms with Crippen LogP contribution in [-0.4, -0.2) is 21.7 Å². The molecule has 0 fully saturated rings. The van der Waals surface area contributed by atoms with Crippen molar-refractivity contribution in [3.05, 3.63) is 113 Å². The lowest BCUT2D eigenvalue weighted by Gasteiger charge is -2.22. The highest BCUT2D eigenvalue weighted by Crippen LogP contribution is 2.37. The summed E-state index contributed by atoms with van der Waals surface area (Å²) in [5.74, 6) is 0.0532. The van der Waals surface area contributed by atoms with Gasteiger partial charge >= 0.3 is 0 Å². The van der Waals surface area contributed by atoms with E-state index in [1.807, 2.05) is 97.9 Å². The lowest BCUT2D eigenvalue weighted by atomic mass is 9.96. The molecule has 0 unspecified atom stereocenters. The molecule has 0 saturated carbocycles. The molecule has 5 rings (SSSR count). The molecule has 1 amide bonds. The standard InChI is InChI=1S/C27H22N2O2/c1-18-11-13-21(14-12-18)27(31)29-25(20-8-3-2-4-9-20)17-24(28-29)23-16-15-19-7-5-6-10-22(19)26(23)30/h2-16,25,30H,17H2,1H3/t25-/m1/s1. The molecule has 1 atom stereocenters. The van der Waals surface area contributed by atoms with Gasteiger partial charge in [-0.3, -0.25) is 4.79 Å². The Morgan fingerprint density at radius 1 is 0.903 bits per heavy atom. The Kier molecular flexibility index (Phi) is 4.75. The number of benzene rings is 4. The SMILES string of the molecule is Cc1ccc(C(=O)N2N=C(c3ccc4ccccc4c3O)C[C@@H]2c2ccccc2)cc1. The van der Waals surface area contributed by atoms with Gasteiger partial charge in [-0.1, -0.05) is 78.4 Å². The molecule has 1 aliphatic rings. The Labute approximate surface area is 181 Å². The van der Waals surface area contributed by atoms with Crippen molar-refractivity contribution in [2.24, 2.45) is 5.10 Å². The summed E-state index contributed by atoms with van der Waals surface area (Å²) >= 11 is 0. The molecule has 0 saturated heterocycles. The van der Waals surface area contributed by atoms with Crippen LogP contribution in [0, 0.1) is 6.92 Å². The van der Waals surface area contributed by atoms with Crippen molar-refractivity contribution in [3.63, 3.8) is 0 Å². The maximum Gasteiger partial charge on any atom is 0.274 e. The van der Waals surface area contributed by atoms with Crippen LogP contribution in [0.1, 0.15) is 39.5 Å². The number of hydrazone groups is 1. The van der Waals surface area contributed by atoms with Crippen molar-refractivity contribution >= 4 is 22.4 Å². The summed E-state index contributed by atoms with van der Waals surface area (Å²) in [5.41, 5.74) is 4.08. The minimum absolute atomic E-state index is 0.149. The van der Waals surface area contributed by atoms with Gasteiger partial charge in [0.25, 0.3) is 5.91 Å². The summed E-state index contributed by atoms with van der Waals surface area (Å²) in [7, 11) is 0. The van der Waals surface area contributed by atoms with Gasteiger partial charge in [0.05, 0.1) is 11.8 Å². The van der Waals surface area contributed by atoms with E-state index in [0.717, 1.165) is 21.9 Å². The van der Waals surface area contributed by atoms with Crippen LogP contribution in [0.25, 0.3) is 10.8 Å². The molecule has 1 N–H and O–H groups in total. The number of aryl methyl sites for hydroxylation is 1. The number of fused-ring (bicyclic) bond motifs is 1. The average molecular weight is 406 g/mol. The van der Waals surface area contributed by atoms with Gasteiger partial charge in [-0.2, -0.15) is 5.10 Å². The minimum atomic E-state index is -0.226. The summed E-state index contributed by atoms with van der Waals surface area (Å²) in [6.07, 6.45) is 0.535. The lowest BCUT2D eigenvalue weighted by molar-refractivity contribution is 0.0711. The van der Waals surface area contributed by atoms with Crippen LogP contribution < -0.4 is 0 Å². The lowest BCUT2D eigenvalue weighted by Crippen LogP contribution is -2.27. The van der Waals surface area contributed by atoms with Gasteiger partial charge in [0.1, 0.15) is 5.75 Å². The van der Waals surface area contributed by atoms with Gasteiger partial charge in [0.15, 0.2) is 0 Å². The van der Waals surface area contributed by atoms with Gasteiger partial charge in [0, 0.05) is 22.9 Å². The normalized spacial score (nSPS) is 15.8. The molecular weight excluding hydrogens is 384 g/mol. The van der Waals surface area contributed by atoms with Crippen LogP contribution >= 0.6 is 0 Å². The number of carbonyl (C=O) groups excluding carboxylic acids is 1. The molecule has 0 spiro atoms. The third-order valence-electron chi connectivity index (χ3n) is 5.81. The third kappa shape index (κ3) is 3.46. The van der Waals surface area contributed by atoms with Crippen LogP contribution in [0.5, 0.6) is 5.75 Å². The number of aromatic hydroxyl groups is 1. The first-order valence-corrected chi connectivity index (χ1v) is 10.4.